The van der Waals surface area contributed by atoms with E-state index in [1.165, 1.54) is 0 Å². The number of hydrogen-bond donors (Lipinski definition) is 1. The molecule has 0 bridgehead atoms. The van der Waals surface area contributed by atoms with Crippen LogP contribution in [0.3, 0.4) is 0 Å². The van der Waals surface area contributed by atoms with E-state index in [-0.39, 0.29) is 17.4 Å². The molecule has 0 spiro atoms. The Morgan fingerprint density at radius 2 is 1.70 bits per heavy atom. The molecule has 1 aromatic heterocycles. The molecular weight excluding hydrogens is 292 g/mol. The highest BCUT2D eigenvalue weighted by Crippen LogP contribution is 2.12. The topological polar surface area (TPSA) is 65.5 Å². The Labute approximate surface area is 137 Å². The predicted molar refractivity (Wildman–Crippen MR) is 89.2 cm³/mol. The van der Waals surface area contributed by atoms with E-state index in [9.17, 15) is 9.59 Å². The van der Waals surface area contributed by atoms with Crippen molar-refractivity contribution in [2.45, 2.75) is 27.2 Å². The number of nitrogens with one attached hydrogen (secondary N) is 1. The van der Waals surface area contributed by atoms with E-state index in [4.69, 9.17) is 0 Å². The van der Waals surface area contributed by atoms with Crippen molar-refractivity contribution in [1.29, 1.82) is 0 Å². The molecule has 126 valence electrons. The van der Waals surface area contributed by atoms with Gasteiger partial charge in [0.25, 0.3) is 5.91 Å². The molecule has 0 atom stereocenters. The summed E-state index contributed by atoms with van der Waals surface area (Å²) in [5.74, 6) is 0.00403. The molecule has 1 N–H and O–H groups in total. The van der Waals surface area contributed by atoms with Crippen LogP contribution in [0.1, 0.15) is 37.6 Å². The molecular formula is C17H26N4O2. The summed E-state index contributed by atoms with van der Waals surface area (Å²) in [4.78, 5) is 32.3. The summed E-state index contributed by atoms with van der Waals surface area (Å²) in [6.45, 7) is 9.37. The SMILES string of the molecule is CC(C)(C)CNC(=O)N1CCCN(C(=O)c2ccncc2)CC1. The van der Waals surface area contributed by atoms with Crippen LogP contribution in [0.5, 0.6) is 0 Å². The first-order valence-corrected chi connectivity index (χ1v) is 8.09. The highest BCUT2D eigenvalue weighted by Gasteiger charge is 2.23. The molecule has 6 nitrogen and oxygen atoms in total. The highest BCUT2D eigenvalue weighted by molar-refractivity contribution is 5.94. The highest BCUT2D eigenvalue weighted by atomic mass is 16.2. The van der Waals surface area contributed by atoms with Gasteiger partial charge in [0, 0.05) is 50.7 Å². The van der Waals surface area contributed by atoms with Crippen LogP contribution in [0.15, 0.2) is 24.5 Å². The van der Waals surface area contributed by atoms with Crippen LogP contribution in [-0.2, 0) is 0 Å². The minimum atomic E-state index is -0.0434. The van der Waals surface area contributed by atoms with Gasteiger partial charge in [0.15, 0.2) is 0 Å². The number of amides is 3. The fourth-order valence-electron chi connectivity index (χ4n) is 2.45. The van der Waals surface area contributed by atoms with E-state index in [0.29, 0.717) is 38.3 Å². The largest absolute Gasteiger partial charge is 0.337 e. The lowest BCUT2D eigenvalue weighted by atomic mass is 9.97. The van der Waals surface area contributed by atoms with Crippen molar-refractivity contribution in [3.8, 4) is 0 Å². The van der Waals surface area contributed by atoms with Gasteiger partial charge in [-0.2, -0.15) is 0 Å². The molecule has 1 saturated heterocycles. The number of carbonyl (C=O) groups excluding carboxylic acids is 2. The monoisotopic (exact) mass is 318 g/mol. The fraction of sp³-hybridized carbons (Fsp3) is 0.588. The quantitative estimate of drug-likeness (QED) is 0.907. The molecule has 6 heteroatoms. The second kappa shape index (κ2) is 7.44. The predicted octanol–water partition coefficient (Wildman–Crippen LogP) is 1.99. The van der Waals surface area contributed by atoms with Gasteiger partial charge in [0.1, 0.15) is 0 Å². The lowest BCUT2D eigenvalue weighted by Crippen LogP contribution is -2.44. The molecule has 0 unspecified atom stereocenters. The summed E-state index contributed by atoms with van der Waals surface area (Å²) in [7, 11) is 0. The van der Waals surface area contributed by atoms with Crippen LogP contribution in [-0.4, -0.2) is 59.4 Å². The van der Waals surface area contributed by atoms with Crippen LogP contribution in [0.25, 0.3) is 0 Å². The van der Waals surface area contributed by atoms with Crippen molar-refractivity contribution < 1.29 is 9.59 Å². The second-order valence-electron chi connectivity index (χ2n) is 7.09. The Balaban J connectivity index is 1.89. The smallest absolute Gasteiger partial charge is 0.317 e. The lowest BCUT2D eigenvalue weighted by Gasteiger charge is -2.25. The minimum absolute atomic E-state index is 0.00403. The van der Waals surface area contributed by atoms with Gasteiger partial charge in [0.05, 0.1) is 0 Å². The molecule has 2 heterocycles. The lowest BCUT2D eigenvalue weighted by molar-refractivity contribution is 0.0762. The molecule has 3 amide bonds. The maximum atomic E-state index is 12.5. The number of aromatic nitrogens is 1. The molecule has 0 aromatic carbocycles. The Morgan fingerprint density at radius 1 is 1.09 bits per heavy atom. The number of carbonyl (C=O) groups is 2. The minimum Gasteiger partial charge on any atom is -0.337 e. The van der Waals surface area contributed by atoms with Gasteiger partial charge in [-0.25, -0.2) is 4.79 Å². The molecule has 1 fully saturated rings. The summed E-state index contributed by atoms with van der Waals surface area (Å²) in [5, 5.41) is 2.97. The number of hydrogen-bond acceptors (Lipinski definition) is 3. The maximum absolute atomic E-state index is 12.5. The first kappa shape index (κ1) is 17.2. The third kappa shape index (κ3) is 5.23. The number of rotatable bonds is 2. The Hall–Kier alpha value is -2.11. The van der Waals surface area contributed by atoms with E-state index >= 15 is 0 Å². The summed E-state index contributed by atoms with van der Waals surface area (Å²) in [5.41, 5.74) is 0.704. The first-order chi connectivity index (χ1) is 10.9. The van der Waals surface area contributed by atoms with Crippen molar-refractivity contribution in [1.82, 2.24) is 20.1 Å². The molecule has 0 aliphatic carbocycles. The third-order valence-electron chi connectivity index (χ3n) is 3.77. The molecule has 23 heavy (non-hydrogen) atoms. The zero-order valence-corrected chi connectivity index (χ0v) is 14.2. The van der Waals surface area contributed by atoms with Crippen molar-refractivity contribution in [3.63, 3.8) is 0 Å². The van der Waals surface area contributed by atoms with E-state index in [2.05, 4.69) is 31.1 Å². The normalized spacial score (nSPS) is 16.0. The number of pyridine rings is 1. The standard InChI is InChI=1S/C17H26N4O2/c1-17(2,3)13-19-16(23)21-10-4-9-20(11-12-21)15(22)14-5-7-18-8-6-14/h5-8H,4,9-13H2,1-3H3,(H,19,23). The fourth-order valence-corrected chi connectivity index (χ4v) is 2.45. The first-order valence-electron chi connectivity index (χ1n) is 8.09. The summed E-state index contributed by atoms with van der Waals surface area (Å²) < 4.78 is 0. The molecule has 1 aliphatic heterocycles. The molecule has 1 aromatic rings. The summed E-state index contributed by atoms with van der Waals surface area (Å²) in [6.07, 6.45) is 4.04. The van der Waals surface area contributed by atoms with Gasteiger partial charge in [-0.15, -0.1) is 0 Å². The Morgan fingerprint density at radius 3 is 2.35 bits per heavy atom. The van der Waals surface area contributed by atoms with Crippen LogP contribution >= 0.6 is 0 Å². The van der Waals surface area contributed by atoms with E-state index < -0.39 is 0 Å². The number of nitrogens with zero attached hydrogens (tertiary/aromatic N) is 3. The van der Waals surface area contributed by atoms with Crippen molar-refractivity contribution in [2.75, 3.05) is 32.7 Å². The maximum Gasteiger partial charge on any atom is 0.317 e. The molecule has 1 aliphatic rings. The summed E-state index contributed by atoms with van der Waals surface area (Å²) in [6, 6.07) is 3.40. The van der Waals surface area contributed by atoms with Gasteiger partial charge < -0.3 is 15.1 Å². The summed E-state index contributed by atoms with van der Waals surface area (Å²) >= 11 is 0. The van der Waals surface area contributed by atoms with Gasteiger partial charge in [-0.1, -0.05) is 20.8 Å². The third-order valence-corrected chi connectivity index (χ3v) is 3.77. The molecule has 0 saturated carbocycles. The molecule has 2 rings (SSSR count). The molecule has 0 radical (unpaired) electrons. The second-order valence-corrected chi connectivity index (χ2v) is 7.09. The van der Waals surface area contributed by atoms with E-state index in [1.54, 1.807) is 29.4 Å². The van der Waals surface area contributed by atoms with E-state index in [1.807, 2.05) is 4.90 Å². The van der Waals surface area contributed by atoms with Crippen LogP contribution in [0.4, 0.5) is 4.79 Å². The zero-order chi connectivity index (χ0) is 16.9. The van der Waals surface area contributed by atoms with Gasteiger partial charge in [0.2, 0.25) is 0 Å². The van der Waals surface area contributed by atoms with Gasteiger partial charge >= 0.3 is 6.03 Å². The average molecular weight is 318 g/mol. The van der Waals surface area contributed by atoms with Crippen molar-refractivity contribution in [3.05, 3.63) is 30.1 Å². The van der Waals surface area contributed by atoms with Crippen molar-refractivity contribution in [2.24, 2.45) is 5.41 Å². The average Bonchev–Trinajstić information content (AvgIpc) is 2.78. The van der Waals surface area contributed by atoms with E-state index in [0.717, 1.165) is 6.42 Å². The van der Waals surface area contributed by atoms with Crippen LogP contribution in [0.2, 0.25) is 0 Å². The van der Waals surface area contributed by atoms with Gasteiger partial charge in [-0.3, -0.25) is 9.78 Å². The van der Waals surface area contributed by atoms with Gasteiger partial charge in [-0.05, 0) is 24.0 Å². The van der Waals surface area contributed by atoms with Crippen molar-refractivity contribution >= 4 is 11.9 Å². The Kier molecular flexibility index (Phi) is 5.58. The number of urea groups is 1. The zero-order valence-electron chi connectivity index (χ0n) is 14.2. The van der Waals surface area contributed by atoms with Crippen LogP contribution in [0, 0.1) is 5.41 Å². The van der Waals surface area contributed by atoms with Crippen LogP contribution < -0.4 is 5.32 Å². The Bertz CT molecular complexity index is 539.